The third kappa shape index (κ3) is 3.85. The number of rotatable bonds is 5. The first-order chi connectivity index (χ1) is 9.58. The van der Waals surface area contributed by atoms with E-state index in [-0.39, 0.29) is 5.82 Å². The summed E-state index contributed by atoms with van der Waals surface area (Å²) in [6.45, 7) is 3.57. The monoisotopic (exact) mass is 273 g/mol. The molecule has 0 bridgehead atoms. The predicted octanol–water partition coefficient (Wildman–Crippen LogP) is 2.62. The summed E-state index contributed by atoms with van der Waals surface area (Å²) in [5, 5.41) is 0. The number of aromatic nitrogens is 1. The number of hydrogen-bond donors (Lipinski definition) is 1. The number of benzene rings is 1. The van der Waals surface area contributed by atoms with Crippen LogP contribution in [0.15, 0.2) is 36.4 Å². The summed E-state index contributed by atoms with van der Waals surface area (Å²) in [4.78, 5) is 6.50. The maximum atomic E-state index is 13.9. The van der Waals surface area contributed by atoms with Crippen molar-refractivity contribution in [1.82, 2.24) is 9.88 Å². The van der Waals surface area contributed by atoms with Crippen molar-refractivity contribution in [3.63, 3.8) is 0 Å². The smallest absolute Gasteiger partial charge is 0.128 e. The molecule has 0 aliphatic heterocycles. The van der Waals surface area contributed by atoms with Crippen LogP contribution in [0.3, 0.4) is 0 Å². The Hall–Kier alpha value is -1.78. The molecular weight excluding hydrogens is 253 g/mol. The molecule has 2 aromatic rings. The van der Waals surface area contributed by atoms with Crippen molar-refractivity contribution < 1.29 is 4.39 Å². The largest absolute Gasteiger partial charge is 0.326 e. The second-order valence-electron chi connectivity index (χ2n) is 5.07. The summed E-state index contributed by atoms with van der Waals surface area (Å²) < 4.78 is 13.9. The second-order valence-corrected chi connectivity index (χ2v) is 5.07. The van der Waals surface area contributed by atoms with Gasteiger partial charge in [0.1, 0.15) is 5.82 Å². The minimum Gasteiger partial charge on any atom is -0.326 e. The predicted molar refractivity (Wildman–Crippen MR) is 78.4 cm³/mol. The highest BCUT2D eigenvalue weighted by Crippen LogP contribution is 2.13. The van der Waals surface area contributed by atoms with Gasteiger partial charge in [0.05, 0.1) is 5.69 Å². The van der Waals surface area contributed by atoms with Crippen molar-refractivity contribution in [3.8, 4) is 0 Å². The van der Waals surface area contributed by atoms with Crippen molar-refractivity contribution >= 4 is 0 Å². The van der Waals surface area contributed by atoms with Crippen LogP contribution in [0.4, 0.5) is 4.39 Å². The van der Waals surface area contributed by atoms with E-state index in [2.05, 4.69) is 4.98 Å². The lowest BCUT2D eigenvalue weighted by Gasteiger charge is -2.17. The van der Waals surface area contributed by atoms with E-state index in [0.29, 0.717) is 25.2 Å². The van der Waals surface area contributed by atoms with Crippen LogP contribution in [0, 0.1) is 12.7 Å². The van der Waals surface area contributed by atoms with Gasteiger partial charge in [-0.05, 0) is 37.7 Å². The van der Waals surface area contributed by atoms with E-state index in [1.165, 1.54) is 6.07 Å². The molecule has 0 radical (unpaired) electrons. The Morgan fingerprint density at radius 2 is 2.00 bits per heavy atom. The average Bonchev–Trinajstić information content (AvgIpc) is 2.41. The molecule has 3 nitrogen and oxygen atoms in total. The molecule has 106 valence electrons. The second kappa shape index (κ2) is 6.59. The van der Waals surface area contributed by atoms with Crippen LogP contribution in [0.5, 0.6) is 0 Å². The molecule has 0 saturated heterocycles. The fraction of sp³-hybridized carbons (Fsp3) is 0.312. The Labute approximate surface area is 119 Å². The average molecular weight is 273 g/mol. The molecule has 2 N–H and O–H groups in total. The number of aryl methyl sites for hydroxylation is 1. The van der Waals surface area contributed by atoms with Gasteiger partial charge < -0.3 is 5.73 Å². The lowest BCUT2D eigenvalue weighted by molar-refractivity contribution is 0.309. The number of nitrogens with zero attached hydrogens (tertiary/aromatic N) is 2. The normalized spacial score (nSPS) is 11.1. The zero-order valence-corrected chi connectivity index (χ0v) is 11.9. The van der Waals surface area contributed by atoms with Crippen molar-refractivity contribution in [3.05, 3.63) is 64.7 Å². The molecule has 0 unspecified atom stereocenters. The minimum atomic E-state index is -0.197. The van der Waals surface area contributed by atoms with Gasteiger partial charge in [0.2, 0.25) is 0 Å². The van der Waals surface area contributed by atoms with Gasteiger partial charge in [-0.15, -0.1) is 0 Å². The molecule has 0 spiro atoms. The van der Waals surface area contributed by atoms with E-state index in [9.17, 15) is 4.39 Å². The Balaban J connectivity index is 2.02. The van der Waals surface area contributed by atoms with Crippen molar-refractivity contribution in [2.24, 2.45) is 5.73 Å². The van der Waals surface area contributed by atoms with Crippen LogP contribution in [-0.2, 0) is 19.6 Å². The van der Waals surface area contributed by atoms with E-state index in [1.54, 1.807) is 6.07 Å². The van der Waals surface area contributed by atoms with Gasteiger partial charge in [0.25, 0.3) is 0 Å². The number of pyridine rings is 1. The van der Waals surface area contributed by atoms with E-state index >= 15 is 0 Å². The standard InChI is InChI=1S/C16H20FN3/c1-12-4-3-5-15(19-12)11-20(2)10-14-7-6-13(9-18)8-16(14)17/h3-8H,9-11,18H2,1-2H3. The van der Waals surface area contributed by atoms with Crippen molar-refractivity contribution in [2.75, 3.05) is 7.05 Å². The third-order valence-corrected chi connectivity index (χ3v) is 3.17. The van der Waals surface area contributed by atoms with Gasteiger partial charge in [-0.25, -0.2) is 4.39 Å². The SMILES string of the molecule is Cc1cccc(CN(C)Cc2ccc(CN)cc2F)n1. The van der Waals surface area contributed by atoms with Crippen molar-refractivity contribution in [2.45, 2.75) is 26.6 Å². The molecule has 0 saturated carbocycles. The summed E-state index contributed by atoms with van der Waals surface area (Å²) in [5.74, 6) is -0.197. The molecule has 20 heavy (non-hydrogen) atoms. The van der Waals surface area contributed by atoms with Crippen LogP contribution >= 0.6 is 0 Å². The Kier molecular flexibility index (Phi) is 4.82. The first-order valence-corrected chi connectivity index (χ1v) is 6.67. The lowest BCUT2D eigenvalue weighted by Crippen LogP contribution is -2.19. The summed E-state index contributed by atoms with van der Waals surface area (Å²) >= 11 is 0. The quantitative estimate of drug-likeness (QED) is 0.910. The molecule has 4 heteroatoms. The molecule has 0 aliphatic rings. The van der Waals surface area contributed by atoms with E-state index in [0.717, 1.165) is 17.0 Å². The van der Waals surface area contributed by atoms with Gasteiger partial charge in [0.15, 0.2) is 0 Å². The highest BCUT2D eigenvalue weighted by atomic mass is 19.1. The van der Waals surface area contributed by atoms with Crippen LogP contribution in [-0.4, -0.2) is 16.9 Å². The van der Waals surface area contributed by atoms with Gasteiger partial charge in [-0.2, -0.15) is 0 Å². The number of nitrogens with two attached hydrogens (primary N) is 1. The zero-order chi connectivity index (χ0) is 14.5. The Morgan fingerprint density at radius 1 is 1.20 bits per heavy atom. The molecule has 1 aromatic heterocycles. The molecule has 2 rings (SSSR count). The lowest BCUT2D eigenvalue weighted by atomic mass is 10.1. The summed E-state index contributed by atoms with van der Waals surface area (Å²) in [5.41, 5.74) is 8.98. The van der Waals surface area contributed by atoms with E-state index in [1.807, 2.05) is 43.1 Å². The third-order valence-electron chi connectivity index (χ3n) is 3.17. The maximum absolute atomic E-state index is 13.9. The highest BCUT2D eigenvalue weighted by molar-refractivity contribution is 5.24. The van der Waals surface area contributed by atoms with E-state index in [4.69, 9.17) is 5.73 Å². The number of hydrogen-bond acceptors (Lipinski definition) is 3. The number of halogens is 1. The van der Waals surface area contributed by atoms with Crippen LogP contribution in [0.25, 0.3) is 0 Å². The summed E-state index contributed by atoms with van der Waals surface area (Å²) in [6.07, 6.45) is 0. The molecule has 0 atom stereocenters. The van der Waals surface area contributed by atoms with Crippen LogP contribution in [0.1, 0.15) is 22.5 Å². The molecule has 1 heterocycles. The highest BCUT2D eigenvalue weighted by Gasteiger charge is 2.08. The van der Waals surface area contributed by atoms with Crippen molar-refractivity contribution in [1.29, 1.82) is 0 Å². The van der Waals surface area contributed by atoms with Crippen LogP contribution in [0.2, 0.25) is 0 Å². The first kappa shape index (κ1) is 14.6. The topological polar surface area (TPSA) is 42.1 Å². The summed E-state index contributed by atoms with van der Waals surface area (Å²) in [7, 11) is 1.96. The first-order valence-electron chi connectivity index (χ1n) is 6.67. The minimum absolute atomic E-state index is 0.197. The Morgan fingerprint density at radius 3 is 2.65 bits per heavy atom. The van der Waals surface area contributed by atoms with Gasteiger partial charge >= 0.3 is 0 Å². The van der Waals surface area contributed by atoms with Gasteiger partial charge in [-0.1, -0.05) is 18.2 Å². The maximum Gasteiger partial charge on any atom is 0.128 e. The van der Waals surface area contributed by atoms with E-state index < -0.39 is 0 Å². The summed E-state index contributed by atoms with van der Waals surface area (Å²) in [6, 6.07) is 11.1. The van der Waals surface area contributed by atoms with Crippen LogP contribution < -0.4 is 5.73 Å². The fourth-order valence-corrected chi connectivity index (χ4v) is 2.16. The molecule has 0 amide bonds. The fourth-order valence-electron chi connectivity index (χ4n) is 2.16. The van der Waals surface area contributed by atoms with Gasteiger partial charge in [0, 0.05) is 30.9 Å². The van der Waals surface area contributed by atoms with Gasteiger partial charge in [-0.3, -0.25) is 9.88 Å². The molecular formula is C16H20FN3. The molecule has 0 aliphatic carbocycles. The molecule has 1 aromatic carbocycles. The molecule has 0 fully saturated rings. The zero-order valence-electron chi connectivity index (χ0n) is 11.9. The Bertz CT molecular complexity index is 584.